The summed E-state index contributed by atoms with van der Waals surface area (Å²) in [6, 6.07) is 0. The van der Waals surface area contributed by atoms with E-state index in [0.29, 0.717) is 6.61 Å². The Balaban J connectivity index is 3.53. The number of amides is 1. The number of nitrogens with one attached hydrogen (secondary N) is 1. The molecule has 0 aromatic carbocycles. The monoisotopic (exact) mass is 321 g/mol. The molecule has 1 N–H and O–H groups in total. The first-order valence-corrected chi connectivity index (χ1v) is 7.01. The molecule has 0 aromatic heterocycles. The molecule has 0 fully saturated rings. The van der Waals surface area contributed by atoms with Crippen LogP contribution >= 0.6 is 22.6 Å². The van der Waals surface area contributed by atoms with E-state index in [2.05, 4.69) is 22.6 Å². The molecule has 78 valence electrons. The molecule has 0 aliphatic rings. The van der Waals surface area contributed by atoms with Gasteiger partial charge in [0.25, 0.3) is 0 Å². The Hall–Kier alpha value is 0.110. The van der Waals surface area contributed by atoms with Crippen LogP contribution in [0.15, 0.2) is 0 Å². The molecule has 5 nitrogen and oxygen atoms in total. The summed E-state index contributed by atoms with van der Waals surface area (Å²) in [5, 5.41) is 0. The molecule has 0 aliphatic heterocycles. The van der Waals surface area contributed by atoms with E-state index in [0.717, 1.165) is 10.7 Å². The van der Waals surface area contributed by atoms with E-state index >= 15 is 0 Å². The van der Waals surface area contributed by atoms with Crippen molar-refractivity contribution in [3.63, 3.8) is 0 Å². The van der Waals surface area contributed by atoms with Gasteiger partial charge in [-0.25, -0.2) is 8.42 Å². The van der Waals surface area contributed by atoms with Crippen LogP contribution in [0.4, 0.5) is 0 Å². The molecular weight excluding hydrogens is 309 g/mol. The largest absolute Gasteiger partial charge is 0.380 e. The summed E-state index contributed by atoms with van der Waals surface area (Å²) in [5.74, 6) is -0.532. The number of alkyl halides is 1. The Morgan fingerprint density at radius 3 is 2.54 bits per heavy atom. The Morgan fingerprint density at radius 1 is 1.46 bits per heavy atom. The lowest BCUT2D eigenvalue weighted by Crippen LogP contribution is -2.30. The van der Waals surface area contributed by atoms with Crippen LogP contribution in [0.5, 0.6) is 0 Å². The lowest BCUT2D eigenvalue weighted by Gasteiger charge is -2.02. The molecule has 7 heteroatoms. The number of carbonyl (C=O) groups is 1. The summed E-state index contributed by atoms with van der Waals surface area (Å²) in [7, 11) is -3.42. The van der Waals surface area contributed by atoms with Crippen molar-refractivity contribution in [1.29, 1.82) is 0 Å². The van der Waals surface area contributed by atoms with E-state index in [4.69, 9.17) is 4.74 Å². The van der Waals surface area contributed by atoms with Gasteiger partial charge in [0, 0.05) is 4.43 Å². The van der Waals surface area contributed by atoms with Crippen LogP contribution in [-0.2, 0) is 19.6 Å². The van der Waals surface area contributed by atoms with Crippen LogP contribution in [0.1, 0.15) is 6.42 Å². The molecule has 0 saturated heterocycles. The molecule has 1 amide bonds. The van der Waals surface area contributed by atoms with Crippen LogP contribution in [-0.4, -0.2) is 38.2 Å². The van der Waals surface area contributed by atoms with Gasteiger partial charge in [-0.15, -0.1) is 0 Å². The third kappa shape index (κ3) is 10.0. The van der Waals surface area contributed by atoms with Gasteiger partial charge in [0.15, 0.2) is 0 Å². The average Bonchev–Trinajstić information content (AvgIpc) is 1.94. The Morgan fingerprint density at radius 2 is 2.08 bits per heavy atom. The number of hydrogen-bond acceptors (Lipinski definition) is 4. The van der Waals surface area contributed by atoms with Crippen molar-refractivity contribution >= 4 is 38.5 Å². The van der Waals surface area contributed by atoms with E-state index in [-0.39, 0.29) is 13.0 Å². The summed E-state index contributed by atoms with van der Waals surface area (Å²) >= 11 is 2.15. The van der Waals surface area contributed by atoms with Gasteiger partial charge in [0.2, 0.25) is 15.9 Å². The topological polar surface area (TPSA) is 72.5 Å². The molecule has 13 heavy (non-hydrogen) atoms. The van der Waals surface area contributed by atoms with Gasteiger partial charge in [-0.2, -0.15) is 0 Å². The summed E-state index contributed by atoms with van der Waals surface area (Å²) in [5.41, 5.74) is 0. The zero-order valence-corrected chi connectivity index (χ0v) is 10.2. The van der Waals surface area contributed by atoms with Gasteiger partial charge >= 0.3 is 0 Å². The SMILES string of the molecule is CS(=O)(=O)NC(=O)CCOCCI. The standard InChI is InChI=1S/C6H12INO4S/c1-13(10,11)8-6(9)2-4-12-5-3-7/h2-5H2,1H3,(H,8,9). The quantitative estimate of drug-likeness (QED) is 0.421. The van der Waals surface area contributed by atoms with E-state index in [1.54, 1.807) is 0 Å². The molecular formula is C6H12INO4S. The first-order chi connectivity index (χ1) is 5.95. The summed E-state index contributed by atoms with van der Waals surface area (Å²) in [6.07, 6.45) is 1.01. The highest BCUT2D eigenvalue weighted by molar-refractivity contribution is 14.1. The van der Waals surface area contributed by atoms with Crippen molar-refractivity contribution in [2.75, 3.05) is 23.9 Å². The van der Waals surface area contributed by atoms with Crippen molar-refractivity contribution in [2.45, 2.75) is 6.42 Å². The molecule has 0 spiro atoms. The van der Waals surface area contributed by atoms with Crippen molar-refractivity contribution < 1.29 is 17.9 Å². The lowest BCUT2D eigenvalue weighted by molar-refractivity contribution is -0.120. The van der Waals surface area contributed by atoms with Crippen molar-refractivity contribution in [3.05, 3.63) is 0 Å². The first-order valence-electron chi connectivity index (χ1n) is 3.60. The number of hydrogen-bond donors (Lipinski definition) is 1. The molecule has 0 aromatic rings. The summed E-state index contributed by atoms with van der Waals surface area (Å²) in [4.78, 5) is 10.8. The predicted molar refractivity (Wildman–Crippen MR) is 57.3 cm³/mol. The number of ether oxygens (including phenoxy) is 1. The fourth-order valence-corrected chi connectivity index (χ4v) is 1.41. The van der Waals surface area contributed by atoms with Crippen LogP contribution in [0, 0.1) is 0 Å². The number of carbonyl (C=O) groups excluding carboxylic acids is 1. The number of halogens is 1. The Labute approximate surface area is 91.4 Å². The van der Waals surface area contributed by atoms with Gasteiger partial charge in [-0.1, -0.05) is 22.6 Å². The zero-order valence-electron chi connectivity index (χ0n) is 7.25. The maximum absolute atomic E-state index is 10.8. The van der Waals surface area contributed by atoms with E-state index < -0.39 is 15.9 Å². The van der Waals surface area contributed by atoms with Crippen LogP contribution < -0.4 is 4.72 Å². The van der Waals surface area contributed by atoms with E-state index in [1.807, 2.05) is 4.72 Å². The fraction of sp³-hybridized carbons (Fsp3) is 0.833. The molecule has 0 atom stereocenters. The molecule has 0 unspecified atom stereocenters. The summed E-state index contributed by atoms with van der Waals surface area (Å²) < 4.78 is 28.8. The molecule has 0 bridgehead atoms. The number of sulfonamides is 1. The van der Waals surface area contributed by atoms with Crippen LogP contribution in [0.2, 0.25) is 0 Å². The minimum absolute atomic E-state index is 0.0731. The van der Waals surface area contributed by atoms with Gasteiger partial charge in [-0.3, -0.25) is 9.52 Å². The highest BCUT2D eigenvalue weighted by Crippen LogP contribution is 1.87. The third-order valence-electron chi connectivity index (χ3n) is 0.994. The normalized spacial score (nSPS) is 11.2. The second kappa shape index (κ2) is 6.55. The first kappa shape index (κ1) is 13.1. The highest BCUT2D eigenvalue weighted by Gasteiger charge is 2.07. The average molecular weight is 321 g/mol. The molecule has 0 saturated carbocycles. The maximum Gasteiger partial charge on any atom is 0.235 e. The third-order valence-corrected chi connectivity index (χ3v) is 2.03. The predicted octanol–water partition coefficient (Wildman–Crippen LogP) is -0.0961. The van der Waals surface area contributed by atoms with Gasteiger partial charge in [0.05, 0.1) is 25.9 Å². The molecule has 0 rings (SSSR count). The zero-order chi connectivity index (χ0) is 10.3. The highest BCUT2D eigenvalue weighted by atomic mass is 127. The van der Waals surface area contributed by atoms with Crippen molar-refractivity contribution in [2.24, 2.45) is 0 Å². The Kier molecular flexibility index (Phi) is 6.60. The second-order valence-electron chi connectivity index (χ2n) is 2.35. The van der Waals surface area contributed by atoms with Crippen LogP contribution in [0.3, 0.4) is 0 Å². The summed E-state index contributed by atoms with van der Waals surface area (Å²) in [6.45, 7) is 0.830. The molecule has 0 aliphatic carbocycles. The van der Waals surface area contributed by atoms with Crippen LogP contribution in [0.25, 0.3) is 0 Å². The molecule has 0 heterocycles. The van der Waals surface area contributed by atoms with Gasteiger partial charge in [-0.05, 0) is 0 Å². The number of rotatable bonds is 6. The van der Waals surface area contributed by atoms with E-state index in [1.165, 1.54) is 0 Å². The second-order valence-corrected chi connectivity index (χ2v) is 5.18. The van der Waals surface area contributed by atoms with Gasteiger partial charge < -0.3 is 4.74 Å². The minimum Gasteiger partial charge on any atom is -0.380 e. The van der Waals surface area contributed by atoms with Crippen molar-refractivity contribution in [3.8, 4) is 0 Å². The molecule has 0 radical (unpaired) electrons. The Bertz CT molecular complexity index is 251. The minimum atomic E-state index is -3.42. The smallest absolute Gasteiger partial charge is 0.235 e. The fourth-order valence-electron chi connectivity index (χ4n) is 0.579. The van der Waals surface area contributed by atoms with Crippen molar-refractivity contribution in [1.82, 2.24) is 4.72 Å². The van der Waals surface area contributed by atoms with Gasteiger partial charge in [0.1, 0.15) is 0 Å². The maximum atomic E-state index is 10.8. The lowest BCUT2D eigenvalue weighted by atomic mass is 10.4. The van der Waals surface area contributed by atoms with E-state index in [9.17, 15) is 13.2 Å².